The molecule has 0 N–H and O–H groups in total. The molecule has 0 saturated heterocycles. The normalized spacial score (nSPS) is 13.6. The Kier molecular flexibility index (Phi) is 3.35. The molecule has 106 valence electrons. The van der Waals surface area contributed by atoms with Crippen molar-refractivity contribution in [2.75, 3.05) is 12.0 Å². The predicted octanol–water partition coefficient (Wildman–Crippen LogP) is 3.80. The van der Waals surface area contributed by atoms with E-state index in [1.165, 1.54) is 19.2 Å². The molecule has 4 nitrogen and oxygen atoms in total. The van der Waals surface area contributed by atoms with Crippen molar-refractivity contribution in [2.45, 2.75) is 0 Å². The van der Waals surface area contributed by atoms with Crippen LogP contribution in [0.15, 0.2) is 36.4 Å². The number of hydrogen-bond acceptors (Lipinski definition) is 3. The summed E-state index contributed by atoms with van der Waals surface area (Å²) in [6, 6.07) is 9.55. The molecule has 0 aliphatic carbocycles. The fourth-order valence-electron chi connectivity index (χ4n) is 2.22. The van der Waals surface area contributed by atoms with Crippen molar-refractivity contribution in [3.05, 3.63) is 57.6 Å². The molecule has 0 bridgehead atoms. The van der Waals surface area contributed by atoms with Crippen LogP contribution in [0.4, 0.5) is 5.69 Å². The van der Waals surface area contributed by atoms with Gasteiger partial charge in [-0.15, -0.1) is 0 Å². The van der Waals surface area contributed by atoms with E-state index in [-0.39, 0.29) is 21.2 Å². The fourth-order valence-corrected chi connectivity index (χ4v) is 2.55. The Balaban J connectivity index is 2.11. The summed E-state index contributed by atoms with van der Waals surface area (Å²) in [5, 5.41) is 0.480. The molecule has 6 heteroatoms. The zero-order chi connectivity index (χ0) is 15.1. The van der Waals surface area contributed by atoms with Crippen LogP contribution < -0.4 is 9.64 Å². The third-order valence-electron chi connectivity index (χ3n) is 3.24. The van der Waals surface area contributed by atoms with E-state index in [0.717, 1.165) is 4.90 Å². The summed E-state index contributed by atoms with van der Waals surface area (Å²) < 4.78 is 5.11. The quantitative estimate of drug-likeness (QED) is 0.790. The molecule has 3 rings (SSSR count). The molecule has 2 amide bonds. The largest absolute Gasteiger partial charge is 0.497 e. The van der Waals surface area contributed by atoms with Gasteiger partial charge < -0.3 is 4.74 Å². The fraction of sp³-hybridized carbons (Fsp3) is 0.0667. The third-order valence-corrected chi connectivity index (χ3v) is 3.96. The summed E-state index contributed by atoms with van der Waals surface area (Å²) in [4.78, 5) is 25.9. The number of amides is 2. The monoisotopic (exact) mass is 321 g/mol. The van der Waals surface area contributed by atoms with Crippen LogP contribution >= 0.6 is 23.2 Å². The van der Waals surface area contributed by atoms with Gasteiger partial charge in [0.15, 0.2) is 0 Å². The van der Waals surface area contributed by atoms with Crippen molar-refractivity contribution in [1.82, 2.24) is 0 Å². The first kappa shape index (κ1) is 13.9. The Hall–Kier alpha value is -2.04. The SMILES string of the molecule is COc1cccc(N2C(=O)c3cc(Cl)c(Cl)cc3C2=O)c1. The number of methoxy groups -OCH3 is 1. The molecular formula is C15H9Cl2NO3. The summed E-state index contributed by atoms with van der Waals surface area (Å²) in [5.41, 5.74) is 0.933. The van der Waals surface area contributed by atoms with Crippen molar-refractivity contribution in [3.8, 4) is 5.75 Å². The highest BCUT2D eigenvalue weighted by Crippen LogP contribution is 2.34. The average molecular weight is 322 g/mol. The molecule has 1 aliphatic heterocycles. The first-order chi connectivity index (χ1) is 10.0. The van der Waals surface area contributed by atoms with Gasteiger partial charge in [0.05, 0.1) is 34.0 Å². The van der Waals surface area contributed by atoms with Crippen LogP contribution in [-0.4, -0.2) is 18.9 Å². The average Bonchev–Trinajstić information content (AvgIpc) is 2.71. The maximum atomic E-state index is 12.4. The van der Waals surface area contributed by atoms with E-state index in [1.54, 1.807) is 24.3 Å². The predicted molar refractivity (Wildman–Crippen MR) is 80.6 cm³/mol. The summed E-state index contributed by atoms with van der Waals surface area (Å²) in [5.74, 6) is -0.302. The lowest BCUT2D eigenvalue weighted by molar-refractivity contribution is 0.0926. The van der Waals surface area contributed by atoms with E-state index >= 15 is 0 Å². The van der Waals surface area contributed by atoms with Crippen molar-refractivity contribution in [3.63, 3.8) is 0 Å². The molecule has 0 fully saturated rings. The number of anilines is 1. The van der Waals surface area contributed by atoms with Crippen LogP contribution in [0, 0.1) is 0 Å². The van der Waals surface area contributed by atoms with Gasteiger partial charge in [0.2, 0.25) is 0 Å². The van der Waals surface area contributed by atoms with Gasteiger partial charge in [-0.1, -0.05) is 29.3 Å². The molecule has 0 spiro atoms. The first-order valence-electron chi connectivity index (χ1n) is 6.05. The molecule has 0 atom stereocenters. The number of fused-ring (bicyclic) bond motifs is 1. The highest BCUT2D eigenvalue weighted by Gasteiger charge is 2.37. The summed E-state index contributed by atoms with van der Waals surface area (Å²) in [7, 11) is 1.51. The lowest BCUT2D eigenvalue weighted by atomic mass is 10.1. The lowest BCUT2D eigenvalue weighted by Gasteiger charge is -2.14. The van der Waals surface area contributed by atoms with Gasteiger partial charge in [-0.3, -0.25) is 9.59 Å². The molecule has 21 heavy (non-hydrogen) atoms. The van der Waals surface area contributed by atoms with E-state index in [9.17, 15) is 9.59 Å². The van der Waals surface area contributed by atoms with Crippen molar-refractivity contribution in [2.24, 2.45) is 0 Å². The van der Waals surface area contributed by atoms with Crippen LogP contribution in [0.3, 0.4) is 0 Å². The number of nitrogens with zero attached hydrogens (tertiary/aromatic N) is 1. The maximum absolute atomic E-state index is 12.4. The van der Waals surface area contributed by atoms with E-state index in [0.29, 0.717) is 11.4 Å². The smallest absolute Gasteiger partial charge is 0.266 e. The van der Waals surface area contributed by atoms with Crippen molar-refractivity contribution >= 4 is 40.7 Å². The zero-order valence-electron chi connectivity index (χ0n) is 10.9. The van der Waals surface area contributed by atoms with Gasteiger partial charge >= 0.3 is 0 Å². The van der Waals surface area contributed by atoms with Crippen LogP contribution in [0.25, 0.3) is 0 Å². The van der Waals surface area contributed by atoms with Gasteiger partial charge in [0, 0.05) is 6.07 Å². The molecule has 2 aromatic rings. The van der Waals surface area contributed by atoms with Crippen LogP contribution in [0.1, 0.15) is 20.7 Å². The minimum Gasteiger partial charge on any atom is -0.497 e. The molecule has 1 aliphatic rings. The highest BCUT2D eigenvalue weighted by molar-refractivity contribution is 6.44. The number of carbonyl (C=O) groups excluding carboxylic acids is 2. The molecular weight excluding hydrogens is 313 g/mol. The van der Waals surface area contributed by atoms with Crippen LogP contribution in [0.5, 0.6) is 5.75 Å². The van der Waals surface area contributed by atoms with E-state index < -0.39 is 11.8 Å². The lowest BCUT2D eigenvalue weighted by Crippen LogP contribution is -2.29. The van der Waals surface area contributed by atoms with Crippen LogP contribution in [-0.2, 0) is 0 Å². The third kappa shape index (κ3) is 2.17. The van der Waals surface area contributed by atoms with Crippen LogP contribution in [0.2, 0.25) is 10.0 Å². The highest BCUT2D eigenvalue weighted by atomic mass is 35.5. The minimum absolute atomic E-state index is 0.240. The number of carbonyl (C=O) groups is 2. The number of halogens is 2. The van der Waals surface area contributed by atoms with E-state index in [4.69, 9.17) is 27.9 Å². The zero-order valence-corrected chi connectivity index (χ0v) is 12.4. The van der Waals surface area contributed by atoms with Gasteiger partial charge in [-0.05, 0) is 24.3 Å². The minimum atomic E-state index is -0.429. The molecule has 2 aromatic carbocycles. The summed E-state index contributed by atoms with van der Waals surface area (Å²) >= 11 is 11.8. The second-order valence-electron chi connectivity index (χ2n) is 4.46. The van der Waals surface area contributed by atoms with Crippen molar-refractivity contribution < 1.29 is 14.3 Å². The summed E-state index contributed by atoms with van der Waals surface area (Å²) in [6.07, 6.45) is 0. The standard InChI is InChI=1S/C15H9Cl2NO3/c1-21-9-4-2-3-8(5-9)18-14(19)10-6-12(16)13(17)7-11(10)15(18)20/h2-7H,1H3. The molecule has 0 aromatic heterocycles. The molecule has 0 radical (unpaired) electrons. The Morgan fingerprint density at radius 3 is 2.05 bits per heavy atom. The van der Waals surface area contributed by atoms with Gasteiger partial charge in [0.1, 0.15) is 5.75 Å². The van der Waals surface area contributed by atoms with Gasteiger partial charge in [-0.2, -0.15) is 0 Å². The Bertz CT molecular complexity index is 733. The number of ether oxygens (including phenoxy) is 1. The van der Waals surface area contributed by atoms with Crippen molar-refractivity contribution in [1.29, 1.82) is 0 Å². The number of hydrogen-bond donors (Lipinski definition) is 0. The number of benzene rings is 2. The Morgan fingerprint density at radius 2 is 1.52 bits per heavy atom. The second kappa shape index (κ2) is 5.06. The molecule has 1 heterocycles. The van der Waals surface area contributed by atoms with E-state index in [2.05, 4.69) is 0 Å². The van der Waals surface area contributed by atoms with Gasteiger partial charge in [0.25, 0.3) is 11.8 Å². The summed E-state index contributed by atoms with van der Waals surface area (Å²) in [6.45, 7) is 0. The van der Waals surface area contributed by atoms with Gasteiger partial charge in [-0.25, -0.2) is 4.90 Å². The maximum Gasteiger partial charge on any atom is 0.266 e. The molecule has 0 saturated carbocycles. The Morgan fingerprint density at radius 1 is 0.952 bits per heavy atom. The topological polar surface area (TPSA) is 46.6 Å². The Labute approximate surface area is 130 Å². The molecule has 0 unspecified atom stereocenters. The van der Waals surface area contributed by atoms with E-state index in [1.807, 2.05) is 0 Å². The number of rotatable bonds is 2. The number of imide groups is 1. The first-order valence-corrected chi connectivity index (χ1v) is 6.80. The second-order valence-corrected chi connectivity index (χ2v) is 5.27.